The maximum atomic E-state index is 13.5. The number of aliphatic hydroxyl groups is 5. The Labute approximate surface area is 312 Å². The minimum atomic E-state index is -1.65. The first kappa shape index (κ1) is 48.7. The van der Waals surface area contributed by atoms with E-state index >= 15 is 0 Å². The third-order valence-electron chi connectivity index (χ3n) is 10.4. The normalized spacial score (nSPS) is 28.2. The van der Waals surface area contributed by atoms with Gasteiger partial charge in [-0.05, 0) is 81.3 Å². The lowest BCUT2D eigenvalue weighted by Gasteiger charge is -2.47. The molecule has 1 aliphatic rings. The van der Waals surface area contributed by atoms with E-state index in [0.29, 0.717) is 6.42 Å². The molecule has 0 spiro atoms. The summed E-state index contributed by atoms with van der Waals surface area (Å²) in [4.78, 5) is 28.7. The van der Waals surface area contributed by atoms with Gasteiger partial charge >= 0.3 is 5.97 Å². The summed E-state index contributed by atoms with van der Waals surface area (Å²) in [6.45, 7) is 18.9. The van der Waals surface area contributed by atoms with E-state index in [1.54, 1.807) is 39.5 Å². The predicted molar refractivity (Wildman–Crippen MR) is 195 cm³/mol. The summed E-state index contributed by atoms with van der Waals surface area (Å²) in [5, 5.41) is 54.7. The smallest absolute Gasteiger partial charge is 0.311 e. The molecular formula is C38H73NO13. The Balaban J connectivity index is 3.71. The van der Waals surface area contributed by atoms with E-state index in [1.807, 2.05) is 41.8 Å². The van der Waals surface area contributed by atoms with Crippen LogP contribution in [0.25, 0.3) is 0 Å². The minimum absolute atomic E-state index is 0.0662. The Bertz CT molecular complexity index is 1060. The van der Waals surface area contributed by atoms with Gasteiger partial charge in [0, 0.05) is 37.8 Å². The van der Waals surface area contributed by atoms with Gasteiger partial charge in [0.25, 0.3) is 0 Å². The first-order chi connectivity index (χ1) is 23.9. The monoisotopic (exact) mass is 752 g/mol. The fourth-order valence-electron chi connectivity index (χ4n) is 7.14. The molecule has 0 radical (unpaired) electrons. The van der Waals surface area contributed by atoms with E-state index in [9.17, 15) is 35.1 Å². The van der Waals surface area contributed by atoms with Crippen LogP contribution in [-0.2, 0) is 38.0 Å². The average Bonchev–Trinajstić information content (AvgIpc) is 3.05. The van der Waals surface area contributed by atoms with E-state index in [2.05, 4.69) is 0 Å². The third kappa shape index (κ3) is 14.1. The van der Waals surface area contributed by atoms with Gasteiger partial charge < -0.3 is 58.9 Å². The summed E-state index contributed by atoms with van der Waals surface area (Å²) < 4.78 is 36.2. The maximum absolute atomic E-state index is 13.5. The zero-order chi connectivity index (χ0) is 40.3. The average molecular weight is 752 g/mol. The van der Waals surface area contributed by atoms with Crippen LogP contribution >= 0.6 is 0 Å². The number of carbonyl (C=O) groups excluding carboxylic acids is 2. The number of aliphatic hydroxyl groups excluding tert-OH is 4. The Kier molecular flexibility index (Phi) is 20.3. The lowest BCUT2D eigenvalue weighted by Crippen LogP contribution is -2.58. The quantitative estimate of drug-likeness (QED) is 0.0714. The van der Waals surface area contributed by atoms with Crippen molar-refractivity contribution < 1.29 is 63.5 Å². The molecule has 1 heterocycles. The van der Waals surface area contributed by atoms with Crippen molar-refractivity contribution in [1.82, 2.24) is 4.90 Å². The number of ether oxygens (including phenoxy) is 6. The van der Waals surface area contributed by atoms with E-state index in [1.165, 1.54) is 21.0 Å². The zero-order valence-electron chi connectivity index (χ0n) is 34.3. The van der Waals surface area contributed by atoms with Crippen molar-refractivity contribution in [2.75, 3.05) is 41.0 Å². The molecule has 0 aromatic rings. The Morgan fingerprint density at radius 1 is 1.04 bits per heavy atom. The number of esters is 1. The van der Waals surface area contributed by atoms with E-state index in [4.69, 9.17) is 28.4 Å². The van der Waals surface area contributed by atoms with Gasteiger partial charge in [0.05, 0.1) is 60.9 Å². The number of rotatable bonds is 24. The number of nitrogens with zero attached hydrogens (tertiary/aromatic N) is 1. The molecule has 1 aliphatic heterocycles. The minimum Gasteiger partial charge on any atom is -0.465 e. The number of ketones is 1. The molecule has 1 saturated heterocycles. The summed E-state index contributed by atoms with van der Waals surface area (Å²) in [7, 11) is 5.11. The SMILES string of the molecule is CCCOC(=O)[C@H](C)[C@@H](O[C@H]1C[C@@](C)(OC)[C@@H](O)[C@H](C)O1)C(C)C(COC(OC(C)C)[C@H](O)CN(C)C)[C@](C)(O)C[C@@H](C)C(=O)[C@H](C)[C@@H](O)C(C)O. The second kappa shape index (κ2) is 21.7. The van der Waals surface area contributed by atoms with Gasteiger partial charge in [0.2, 0.25) is 0 Å². The lowest BCUT2D eigenvalue weighted by atomic mass is 9.71. The molecule has 0 aromatic carbocycles. The van der Waals surface area contributed by atoms with Crippen molar-refractivity contribution in [3.63, 3.8) is 0 Å². The zero-order valence-corrected chi connectivity index (χ0v) is 34.3. The Morgan fingerprint density at radius 2 is 1.63 bits per heavy atom. The number of hydrogen-bond acceptors (Lipinski definition) is 14. The largest absolute Gasteiger partial charge is 0.465 e. The van der Waals surface area contributed by atoms with Crippen LogP contribution in [0.15, 0.2) is 0 Å². The highest BCUT2D eigenvalue weighted by Gasteiger charge is 2.49. The van der Waals surface area contributed by atoms with Gasteiger partial charge in [-0.3, -0.25) is 9.59 Å². The first-order valence-electron chi connectivity index (χ1n) is 18.9. The molecule has 0 aromatic heterocycles. The number of methoxy groups -OCH3 is 1. The first-order valence-corrected chi connectivity index (χ1v) is 18.9. The van der Waals surface area contributed by atoms with Crippen molar-refractivity contribution in [3.8, 4) is 0 Å². The van der Waals surface area contributed by atoms with Crippen LogP contribution in [-0.4, -0.2) is 150 Å². The van der Waals surface area contributed by atoms with Gasteiger partial charge in [-0.15, -0.1) is 0 Å². The van der Waals surface area contributed by atoms with Crippen LogP contribution in [0.5, 0.6) is 0 Å². The van der Waals surface area contributed by atoms with Crippen LogP contribution in [0.1, 0.15) is 95.4 Å². The Hall–Kier alpha value is -1.30. The summed E-state index contributed by atoms with van der Waals surface area (Å²) in [6, 6.07) is 0. The Morgan fingerprint density at radius 3 is 2.13 bits per heavy atom. The highest BCUT2D eigenvalue weighted by atomic mass is 16.7. The summed E-state index contributed by atoms with van der Waals surface area (Å²) >= 11 is 0. The number of hydrogen-bond donors (Lipinski definition) is 5. The molecule has 0 aliphatic carbocycles. The predicted octanol–water partition coefficient (Wildman–Crippen LogP) is 2.53. The standard InChI is InChI=1S/C38H73NO13/c1-15-16-48-35(45)25(7)33(52-30-18-38(11,47-14)34(44)27(9)51-30)23(5)28(20-49-36(50-21(2)3)29(41)19-39(12)13)37(10,46)17-22(4)31(42)24(6)32(43)26(8)40/h21-30,32-34,36,40-41,43-44,46H,15-20H2,1-14H3/t22-,23?,24+,25-,26?,27+,28?,29-,30+,32-,33+,34+,36?,37-,38-/m1/s1. The molecule has 0 amide bonds. The highest BCUT2D eigenvalue weighted by molar-refractivity contribution is 5.83. The van der Waals surface area contributed by atoms with Gasteiger partial charge in [0.15, 0.2) is 12.6 Å². The number of Topliss-reactive ketones (excluding diaryl/α,β-unsaturated/α-hetero) is 1. The number of carbonyl (C=O) groups is 2. The van der Waals surface area contributed by atoms with Crippen LogP contribution in [0.4, 0.5) is 0 Å². The number of likely N-dealkylation sites (N-methyl/N-ethyl adjacent to an activating group) is 1. The van der Waals surface area contributed by atoms with Gasteiger partial charge in [0.1, 0.15) is 18.0 Å². The van der Waals surface area contributed by atoms with E-state index in [0.717, 1.165) is 0 Å². The van der Waals surface area contributed by atoms with Gasteiger partial charge in [-0.1, -0.05) is 27.7 Å². The summed E-state index contributed by atoms with van der Waals surface area (Å²) in [5.41, 5.74) is -2.66. The van der Waals surface area contributed by atoms with E-state index < -0.39 is 96.0 Å². The molecular weight excluding hydrogens is 678 g/mol. The summed E-state index contributed by atoms with van der Waals surface area (Å²) in [6.07, 6.45) is -7.61. The molecule has 14 nitrogen and oxygen atoms in total. The molecule has 0 saturated carbocycles. The molecule has 5 N–H and O–H groups in total. The van der Waals surface area contributed by atoms with Crippen LogP contribution < -0.4 is 0 Å². The molecule has 52 heavy (non-hydrogen) atoms. The van der Waals surface area contributed by atoms with Crippen molar-refractivity contribution >= 4 is 11.8 Å². The lowest BCUT2D eigenvalue weighted by molar-refractivity contribution is -0.299. The second-order valence-corrected chi connectivity index (χ2v) is 16.1. The van der Waals surface area contributed by atoms with Crippen LogP contribution in [0.3, 0.4) is 0 Å². The molecule has 4 unspecified atom stereocenters. The molecule has 15 atom stereocenters. The van der Waals surface area contributed by atoms with Gasteiger partial charge in [-0.2, -0.15) is 0 Å². The van der Waals surface area contributed by atoms with Crippen LogP contribution in [0.2, 0.25) is 0 Å². The van der Waals surface area contributed by atoms with Crippen molar-refractivity contribution in [2.45, 2.75) is 162 Å². The molecule has 14 heteroatoms. The third-order valence-corrected chi connectivity index (χ3v) is 10.4. The van der Waals surface area contributed by atoms with Gasteiger partial charge in [-0.25, -0.2) is 0 Å². The highest BCUT2D eigenvalue weighted by Crippen LogP contribution is 2.40. The topological polar surface area (TPSA) is 194 Å². The summed E-state index contributed by atoms with van der Waals surface area (Å²) in [5.74, 6) is -4.88. The van der Waals surface area contributed by atoms with Crippen molar-refractivity contribution in [3.05, 3.63) is 0 Å². The van der Waals surface area contributed by atoms with Crippen molar-refractivity contribution in [2.24, 2.45) is 29.6 Å². The molecule has 0 bridgehead atoms. The fraction of sp³-hybridized carbons (Fsp3) is 0.947. The maximum Gasteiger partial charge on any atom is 0.311 e. The molecule has 1 fully saturated rings. The van der Waals surface area contributed by atoms with Crippen LogP contribution in [0, 0.1) is 29.6 Å². The van der Waals surface area contributed by atoms with Crippen molar-refractivity contribution in [1.29, 1.82) is 0 Å². The van der Waals surface area contributed by atoms with E-state index in [-0.39, 0.29) is 44.5 Å². The fourth-order valence-corrected chi connectivity index (χ4v) is 7.14. The second-order valence-electron chi connectivity index (χ2n) is 16.1. The molecule has 308 valence electrons. The molecule has 1 rings (SSSR count).